The molecular formula is C17H22. The summed E-state index contributed by atoms with van der Waals surface area (Å²) in [5.41, 5.74) is 4.72. The highest BCUT2D eigenvalue weighted by Gasteiger charge is 2.15. The van der Waals surface area contributed by atoms with Crippen LogP contribution in [-0.2, 0) is 6.40 Å². The third-order valence-electron chi connectivity index (χ3n) is 2.52. The molecular weight excluding hydrogens is 204 g/mol. The fourth-order valence-corrected chi connectivity index (χ4v) is 1.90. The number of benzene rings is 2. The second kappa shape index (κ2) is 6.90. The topological polar surface area (TPSA) is 0 Å². The summed E-state index contributed by atoms with van der Waals surface area (Å²) in [6, 6.07) is 16.4. The maximum Gasteiger partial charge on any atom is 0.0366 e. The molecule has 0 atom stereocenters. The van der Waals surface area contributed by atoms with Gasteiger partial charge < -0.3 is 0 Å². The molecule has 1 aliphatic rings. The molecule has 17 heavy (non-hydrogen) atoms. The quantitative estimate of drug-likeness (QED) is 0.573. The fraction of sp³-hybridized carbons (Fsp3) is 0.294. The average Bonchev–Trinajstić information content (AvgIpc) is 2.78. The van der Waals surface area contributed by atoms with Crippen LogP contribution in [0.5, 0.6) is 0 Å². The zero-order valence-electron chi connectivity index (χ0n) is 12.2. The van der Waals surface area contributed by atoms with Gasteiger partial charge in [0.25, 0.3) is 0 Å². The van der Waals surface area contributed by atoms with E-state index in [0.29, 0.717) is 0 Å². The van der Waals surface area contributed by atoms with Gasteiger partial charge in [-0.05, 0) is 28.7 Å². The van der Waals surface area contributed by atoms with Crippen LogP contribution in [0, 0.1) is 0 Å². The highest BCUT2D eigenvalue weighted by molar-refractivity contribution is 5.76. The standard InChI is InChI=1S/C13H10.2C2H6/c1-3-7-12-10(5-1)9-11-6-2-4-8-13(11)12;2*1-2/h1-8H,9H2;2*1-2H3/i9T;;. The normalized spacial score (nSPS) is 12.1. The van der Waals surface area contributed by atoms with Crippen LogP contribution in [0.25, 0.3) is 11.1 Å². The van der Waals surface area contributed by atoms with Crippen molar-refractivity contribution < 1.29 is 1.37 Å². The van der Waals surface area contributed by atoms with E-state index in [1.165, 1.54) is 11.1 Å². The summed E-state index contributed by atoms with van der Waals surface area (Å²) in [7, 11) is 0. The molecule has 3 rings (SSSR count). The summed E-state index contributed by atoms with van der Waals surface area (Å²) in [6.07, 6.45) is -0.192. The van der Waals surface area contributed by atoms with Crippen molar-refractivity contribution in [2.45, 2.75) is 34.1 Å². The number of hydrogen-bond donors (Lipinski definition) is 0. The Bertz CT molecular complexity index is 443. The summed E-state index contributed by atoms with van der Waals surface area (Å²) in [6.45, 7) is 8.00. The van der Waals surface area contributed by atoms with Crippen molar-refractivity contribution in [1.29, 1.82) is 0 Å². The van der Waals surface area contributed by atoms with Crippen molar-refractivity contribution in [3.05, 3.63) is 59.7 Å². The Balaban J connectivity index is 0.000000371. The summed E-state index contributed by atoms with van der Waals surface area (Å²) >= 11 is 0. The fourth-order valence-electron chi connectivity index (χ4n) is 1.90. The van der Waals surface area contributed by atoms with Gasteiger partial charge in [0.2, 0.25) is 0 Å². The van der Waals surface area contributed by atoms with Gasteiger partial charge in [0.05, 0.1) is 0 Å². The minimum Gasteiger partial charge on any atom is -0.0683 e. The van der Waals surface area contributed by atoms with Gasteiger partial charge >= 0.3 is 0 Å². The molecule has 90 valence electrons. The van der Waals surface area contributed by atoms with Crippen LogP contribution in [0.4, 0.5) is 0 Å². The van der Waals surface area contributed by atoms with Crippen LogP contribution >= 0.6 is 0 Å². The molecule has 0 bridgehead atoms. The third kappa shape index (κ3) is 2.76. The van der Waals surface area contributed by atoms with E-state index in [2.05, 4.69) is 12.1 Å². The summed E-state index contributed by atoms with van der Waals surface area (Å²) < 4.78 is 8.10. The lowest BCUT2D eigenvalue weighted by atomic mass is 10.1. The van der Waals surface area contributed by atoms with Crippen LogP contribution in [0.1, 0.15) is 40.2 Å². The second-order valence-corrected chi connectivity index (χ2v) is 3.32. The maximum atomic E-state index is 8.10. The van der Waals surface area contributed by atoms with E-state index in [4.69, 9.17) is 1.37 Å². The van der Waals surface area contributed by atoms with Gasteiger partial charge in [-0.2, -0.15) is 0 Å². The van der Waals surface area contributed by atoms with E-state index in [0.717, 1.165) is 11.1 Å². The number of fused-ring (bicyclic) bond motifs is 3. The van der Waals surface area contributed by atoms with Crippen LogP contribution in [0.3, 0.4) is 0 Å². The summed E-state index contributed by atoms with van der Waals surface area (Å²) in [4.78, 5) is 0. The van der Waals surface area contributed by atoms with Crippen molar-refractivity contribution in [2.75, 3.05) is 0 Å². The van der Waals surface area contributed by atoms with Crippen LogP contribution in [0.15, 0.2) is 48.5 Å². The lowest BCUT2D eigenvalue weighted by molar-refractivity contribution is 1.26. The Morgan fingerprint density at radius 1 is 0.706 bits per heavy atom. The Kier molecular flexibility index (Phi) is 4.84. The van der Waals surface area contributed by atoms with Crippen molar-refractivity contribution >= 4 is 0 Å². The highest BCUT2D eigenvalue weighted by Crippen LogP contribution is 2.35. The van der Waals surface area contributed by atoms with Crippen LogP contribution < -0.4 is 0 Å². The number of rotatable bonds is 0. The van der Waals surface area contributed by atoms with E-state index in [-0.39, 0.29) is 6.40 Å². The molecule has 2 aromatic rings. The number of hydrogen-bond acceptors (Lipinski definition) is 0. The molecule has 0 N–H and O–H groups in total. The van der Waals surface area contributed by atoms with E-state index < -0.39 is 0 Å². The molecule has 1 aliphatic carbocycles. The first-order valence-corrected chi connectivity index (χ1v) is 6.48. The molecule has 2 aromatic carbocycles. The zero-order chi connectivity index (χ0) is 13.5. The average molecular weight is 228 g/mol. The van der Waals surface area contributed by atoms with Gasteiger partial charge in [0.1, 0.15) is 0 Å². The van der Waals surface area contributed by atoms with Crippen LogP contribution in [-0.4, -0.2) is 0 Å². The Morgan fingerprint density at radius 2 is 1.06 bits per heavy atom. The lowest BCUT2D eigenvalue weighted by Gasteiger charge is -1.98. The Morgan fingerprint density at radius 3 is 1.47 bits per heavy atom. The largest absolute Gasteiger partial charge is 0.0683 e. The first-order valence-electron chi connectivity index (χ1n) is 7.06. The van der Waals surface area contributed by atoms with Gasteiger partial charge in [-0.3, -0.25) is 0 Å². The molecule has 0 aromatic heterocycles. The monoisotopic (exact) mass is 228 g/mol. The summed E-state index contributed by atoms with van der Waals surface area (Å²) in [5.74, 6) is 0. The molecule has 0 aliphatic heterocycles. The molecule has 0 fully saturated rings. The highest BCUT2D eigenvalue weighted by atomic mass is 14.2. The van der Waals surface area contributed by atoms with Crippen molar-refractivity contribution in [1.82, 2.24) is 0 Å². The van der Waals surface area contributed by atoms with Gasteiger partial charge in [-0.15, -0.1) is 0 Å². The molecule has 0 amide bonds. The van der Waals surface area contributed by atoms with Gasteiger partial charge in [0.15, 0.2) is 0 Å². The third-order valence-corrected chi connectivity index (χ3v) is 2.52. The smallest absolute Gasteiger partial charge is 0.0366 e. The van der Waals surface area contributed by atoms with Crippen molar-refractivity contribution in [3.8, 4) is 11.1 Å². The molecule has 0 nitrogen and oxygen atoms in total. The lowest BCUT2D eigenvalue weighted by Crippen LogP contribution is -1.77. The maximum absolute atomic E-state index is 8.10. The predicted octanol–water partition coefficient (Wildman–Crippen LogP) is 5.31. The minimum absolute atomic E-state index is 0.192. The van der Waals surface area contributed by atoms with Gasteiger partial charge in [-0.1, -0.05) is 76.2 Å². The first-order chi connectivity index (χ1) is 8.88. The molecule has 0 heterocycles. The molecule has 0 saturated heterocycles. The van der Waals surface area contributed by atoms with Gasteiger partial charge in [0, 0.05) is 1.37 Å². The molecule has 0 spiro atoms. The first kappa shape index (κ1) is 11.9. The molecule has 0 radical (unpaired) electrons. The van der Waals surface area contributed by atoms with Crippen molar-refractivity contribution in [2.24, 2.45) is 0 Å². The molecule has 0 heteroatoms. The van der Waals surface area contributed by atoms with E-state index in [1.807, 2.05) is 64.1 Å². The Labute approximate surface area is 107 Å². The summed E-state index contributed by atoms with van der Waals surface area (Å²) in [5, 5.41) is 0. The predicted molar refractivity (Wildman–Crippen MR) is 77.4 cm³/mol. The van der Waals surface area contributed by atoms with Gasteiger partial charge in [-0.25, -0.2) is 0 Å². The molecule has 0 unspecified atom stereocenters. The van der Waals surface area contributed by atoms with Crippen LogP contribution in [0.2, 0.25) is 0 Å². The van der Waals surface area contributed by atoms with Crippen molar-refractivity contribution in [3.63, 3.8) is 0 Å². The molecule has 0 saturated carbocycles. The minimum atomic E-state index is -0.192. The zero-order valence-corrected chi connectivity index (χ0v) is 11.2. The van der Waals surface area contributed by atoms with E-state index in [9.17, 15) is 0 Å². The van der Waals surface area contributed by atoms with E-state index in [1.54, 1.807) is 0 Å². The Hall–Kier alpha value is -1.56. The second-order valence-electron chi connectivity index (χ2n) is 3.32. The van der Waals surface area contributed by atoms with E-state index >= 15 is 0 Å². The SMILES string of the molecule is CC.CC.[3H]C1c2ccccc2-c2ccccc21.